The fourth-order valence-corrected chi connectivity index (χ4v) is 1.57. The average Bonchev–Trinajstić information content (AvgIpc) is 2.55. The van der Waals surface area contributed by atoms with E-state index in [1.165, 1.54) is 0 Å². The molecule has 0 spiro atoms. The SMILES string of the molecule is C=C/C=C\C(=C/NC)N/C=C(\C(=C)CCC)C(=O)OCC.CC. The molecule has 0 aliphatic heterocycles. The summed E-state index contributed by atoms with van der Waals surface area (Å²) in [5.74, 6) is -0.361. The summed E-state index contributed by atoms with van der Waals surface area (Å²) >= 11 is 0. The molecule has 0 aliphatic rings. The van der Waals surface area contributed by atoms with Gasteiger partial charge in [-0.15, -0.1) is 0 Å². The molecule has 23 heavy (non-hydrogen) atoms. The van der Waals surface area contributed by atoms with E-state index in [1.807, 2.05) is 26.8 Å². The second-order valence-corrected chi connectivity index (χ2v) is 4.26. The molecular formula is C19H32N2O2. The van der Waals surface area contributed by atoms with Crippen LogP contribution < -0.4 is 10.6 Å². The zero-order valence-corrected chi connectivity index (χ0v) is 15.2. The van der Waals surface area contributed by atoms with Crippen LogP contribution in [0.5, 0.6) is 0 Å². The topological polar surface area (TPSA) is 50.4 Å². The summed E-state index contributed by atoms with van der Waals surface area (Å²) in [6, 6.07) is 0. The third-order valence-electron chi connectivity index (χ3n) is 2.52. The first kappa shape index (κ1) is 23.0. The van der Waals surface area contributed by atoms with Crippen LogP contribution in [-0.2, 0) is 9.53 Å². The Labute approximate surface area is 141 Å². The van der Waals surface area contributed by atoms with Crippen molar-refractivity contribution in [1.29, 1.82) is 0 Å². The lowest BCUT2D eigenvalue weighted by Crippen LogP contribution is -2.15. The molecule has 0 saturated carbocycles. The number of nitrogens with one attached hydrogen (secondary N) is 2. The van der Waals surface area contributed by atoms with Crippen LogP contribution in [0.25, 0.3) is 0 Å². The summed E-state index contributed by atoms with van der Waals surface area (Å²) in [4.78, 5) is 12.0. The molecule has 0 rings (SSSR count). The van der Waals surface area contributed by atoms with E-state index >= 15 is 0 Å². The monoisotopic (exact) mass is 320 g/mol. The van der Waals surface area contributed by atoms with E-state index < -0.39 is 0 Å². The van der Waals surface area contributed by atoms with Gasteiger partial charge in [0.2, 0.25) is 0 Å². The molecule has 2 N–H and O–H groups in total. The molecule has 0 unspecified atom stereocenters. The summed E-state index contributed by atoms with van der Waals surface area (Å²) in [5.41, 5.74) is 2.02. The van der Waals surface area contributed by atoms with E-state index in [2.05, 4.69) is 23.8 Å². The summed E-state index contributed by atoms with van der Waals surface area (Å²) in [6.07, 6.45) is 10.4. The van der Waals surface area contributed by atoms with Crippen molar-refractivity contribution in [2.75, 3.05) is 13.7 Å². The highest BCUT2D eigenvalue weighted by Gasteiger charge is 2.13. The highest BCUT2D eigenvalue weighted by atomic mass is 16.5. The first-order valence-electron chi connectivity index (χ1n) is 8.09. The van der Waals surface area contributed by atoms with Crippen molar-refractivity contribution in [1.82, 2.24) is 10.6 Å². The van der Waals surface area contributed by atoms with Crippen LogP contribution >= 0.6 is 0 Å². The zero-order valence-electron chi connectivity index (χ0n) is 15.2. The van der Waals surface area contributed by atoms with E-state index in [4.69, 9.17) is 4.74 Å². The Morgan fingerprint density at radius 3 is 2.35 bits per heavy atom. The summed E-state index contributed by atoms with van der Waals surface area (Å²) in [7, 11) is 1.80. The molecule has 130 valence electrons. The van der Waals surface area contributed by atoms with Crippen LogP contribution in [0.3, 0.4) is 0 Å². The van der Waals surface area contributed by atoms with Gasteiger partial charge in [0.05, 0.1) is 17.9 Å². The minimum Gasteiger partial charge on any atom is -0.462 e. The molecule has 0 fully saturated rings. The lowest BCUT2D eigenvalue weighted by Gasteiger charge is -2.11. The Kier molecular flexibility index (Phi) is 16.2. The fourth-order valence-electron chi connectivity index (χ4n) is 1.57. The van der Waals surface area contributed by atoms with Crippen LogP contribution in [0.15, 0.2) is 60.6 Å². The molecule has 0 bridgehead atoms. The quantitative estimate of drug-likeness (QED) is 0.360. The minimum atomic E-state index is -0.361. The van der Waals surface area contributed by atoms with Crippen molar-refractivity contribution in [2.45, 2.75) is 40.5 Å². The molecule has 4 nitrogen and oxygen atoms in total. The first-order valence-corrected chi connectivity index (χ1v) is 8.09. The van der Waals surface area contributed by atoms with Crippen molar-refractivity contribution in [3.8, 4) is 0 Å². The van der Waals surface area contributed by atoms with Gasteiger partial charge in [-0.25, -0.2) is 4.79 Å². The van der Waals surface area contributed by atoms with Gasteiger partial charge in [-0.05, 0) is 25.0 Å². The normalized spacial score (nSPS) is 11.3. The van der Waals surface area contributed by atoms with Gasteiger partial charge in [-0.3, -0.25) is 0 Å². The van der Waals surface area contributed by atoms with Gasteiger partial charge in [0.25, 0.3) is 0 Å². The Morgan fingerprint density at radius 1 is 1.22 bits per heavy atom. The molecule has 4 heteroatoms. The van der Waals surface area contributed by atoms with Crippen molar-refractivity contribution in [2.24, 2.45) is 0 Å². The van der Waals surface area contributed by atoms with E-state index in [9.17, 15) is 4.79 Å². The van der Waals surface area contributed by atoms with Crippen molar-refractivity contribution < 1.29 is 9.53 Å². The van der Waals surface area contributed by atoms with Crippen LogP contribution in [0.2, 0.25) is 0 Å². The Balaban J connectivity index is 0. The Morgan fingerprint density at radius 2 is 1.87 bits per heavy atom. The molecular weight excluding hydrogens is 288 g/mol. The number of carbonyl (C=O) groups is 1. The maximum absolute atomic E-state index is 12.0. The summed E-state index contributed by atoms with van der Waals surface area (Å²) < 4.78 is 5.07. The maximum atomic E-state index is 12.0. The molecule has 0 radical (unpaired) electrons. The molecule has 0 atom stereocenters. The second-order valence-electron chi connectivity index (χ2n) is 4.26. The standard InChI is InChI=1S/C17H26N2O2.C2H6/c1-6-9-11-15(12-18-5)19-13-16(14(4)10-7-2)17(20)21-8-3;1-2/h6,9,11-13,18-19H,1,4,7-8,10H2,2-3,5H3;1-2H3/b11-9-,15-12+,16-13+;. The fraction of sp³-hybridized carbons (Fsp3) is 0.421. The molecule has 0 aromatic heterocycles. The van der Waals surface area contributed by atoms with Gasteiger partial charge >= 0.3 is 5.97 Å². The Bertz CT molecular complexity index is 426. The number of ether oxygens (including phenoxy) is 1. The lowest BCUT2D eigenvalue weighted by atomic mass is 10.0. The number of allylic oxidation sites excluding steroid dienone is 3. The van der Waals surface area contributed by atoms with Gasteiger partial charge in [-0.2, -0.15) is 0 Å². The second kappa shape index (κ2) is 16.1. The highest BCUT2D eigenvalue weighted by molar-refractivity contribution is 5.93. The van der Waals surface area contributed by atoms with Gasteiger partial charge < -0.3 is 15.4 Å². The van der Waals surface area contributed by atoms with Gasteiger partial charge in [-0.1, -0.05) is 52.5 Å². The number of hydrogen-bond acceptors (Lipinski definition) is 4. The average molecular weight is 320 g/mol. The molecule has 0 aromatic carbocycles. The van der Waals surface area contributed by atoms with Crippen LogP contribution in [0, 0.1) is 0 Å². The van der Waals surface area contributed by atoms with E-state index in [1.54, 1.807) is 38.5 Å². The number of carbonyl (C=O) groups excluding carboxylic acids is 1. The van der Waals surface area contributed by atoms with Crippen LogP contribution in [0.4, 0.5) is 0 Å². The number of rotatable bonds is 10. The number of hydrogen-bond donors (Lipinski definition) is 2. The molecule has 0 aromatic rings. The van der Waals surface area contributed by atoms with E-state index in [0.29, 0.717) is 12.2 Å². The highest BCUT2D eigenvalue weighted by Crippen LogP contribution is 2.15. The summed E-state index contributed by atoms with van der Waals surface area (Å²) in [5, 5.41) is 6.01. The predicted octanol–water partition coefficient (Wildman–Crippen LogP) is 4.21. The lowest BCUT2D eigenvalue weighted by molar-refractivity contribution is -0.138. The van der Waals surface area contributed by atoms with Crippen molar-refractivity contribution >= 4 is 5.97 Å². The van der Waals surface area contributed by atoms with Gasteiger partial charge in [0.15, 0.2) is 0 Å². The molecule has 0 aliphatic carbocycles. The zero-order chi connectivity index (χ0) is 18.1. The van der Waals surface area contributed by atoms with Gasteiger partial charge in [0, 0.05) is 19.4 Å². The van der Waals surface area contributed by atoms with Crippen LogP contribution in [-0.4, -0.2) is 19.6 Å². The Hall–Kier alpha value is -2.23. The third kappa shape index (κ3) is 11.0. The van der Waals surface area contributed by atoms with E-state index in [-0.39, 0.29) is 5.97 Å². The van der Waals surface area contributed by atoms with Gasteiger partial charge in [0.1, 0.15) is 0 Å². The molecule has 0 saturated heterocycles. The minimum absolute atomic E-state index is 0.338. The molecule has 0 amide bonds. The molecule has 0 heterocycles. The maximum Gasteiger partial charge on any atom is 0.339 e. The largest absolute Gasteiger partial charge is 0.462 e. The van der Waals surface area contributed by atoms with Crippen molar-refractivity contribution in [3.05, 3.63) is 60.6 Å². The van der Waals surface area contributed by atoms with E-state index in [0.717, 1.165) is 24.1 Å². The summed E-state index contributed by atoms with van der Waals surface area (Å²) in [6.45, 7) is 15.7. The van der Waals surface area contributed by atoms with Crippen molar-refractivity contribution in [3.63, 3.8) is 0 Å². The first-order chi connectivity index (χ1) is 11.1. The smallest absolute Gasteiger partial charge is 0.339 e. The number of esters is 1. The predicted molar refractivity (Wildman–Crippen MR) is 99.7 cm³/mol. The third-order valence-corrected chi connectivity index (χ3v) is 2.52. The van der Waals surface area contributed by atoms with Crippen LogP contribution in [0.1, 0.15) is 40.5 Å².